The van der Waals surface area contributed by atoms with Crippen LogP contribution in [0.15, 0.2) is 24.5 Å². The SMILES string of the molecule is N=Cc1ncc(N2CCC3(CC2)CCN(c2cccnc2C(F)(F)F)C3=O)nc1NCC(F)F. The van der Waals surface area contributed by atoms with E-state index < -0.39 is 30.3 Å². The molecule has 1 amide bonds. The van der Waals surface area contributed by atoms with Gasteiger partial charge in [0, 0.05) is 32.0 Å². The topological polar surface area (TPSA) is 98.1 Å². The number of rotatable bonds is 6. The van der Waals surface area contributed by atoms with Crippen LogP contribution in [0.4, 0.5) is 39.3 Å². The molecule has 34 heavy (non-hydrogen) atoms. The highest BCUT2D eigenvalue weighted by Crippen LogP contribution is 2.45. The molecule has 2 saturated heterocycles. The van der Waals surface area contributed by atoms with E-state index in [-0.39, 0.29) is 29.7 Å². The third-order valence-corrected chi connectivity index (χ3v) is 6.25. The van der Waals surface area contributed by atoms with E-state index >= 15 is 0 Å². The molecule has 4 rings (SSSR count). The van der Waals surface area contributed by atoms with Gasteiger partial charge in [-0.25, -0.2) is 23.7 Å². The fourth-order valence-corrected chi connectivity index (χ4v) is 4.46. The van der Waals surface area contributed by atoms with Crippen LogP contribution in [0.1, 0.15) is 30.7 Å². The minimum Gasteiger partial charge on any atom is -0.362 e. The lowest BCUT2D eigenvalue weighted by Crippen LogP contribution is -2.45. The zero-order valence-electron chi connectivity index (χ0n) is 17.9. The molecule has 182 valence electrons. The number of carbonyl (C=O) groups is 1. The Labute approximate surface area is 191 Å². The normalized spacial score (nSPS) is 18.1. The standard InChI is InChI=1S/C21H22F5N7O/c22-15(23)11-30-18-13(10-27)29-12-16(31-18)32-7-3-20(4-8-32)5-9-33(19(20)34)14-2-1-6-28-17(14)21(24,25)26/h1-2,6,10,12,15,27H,3-5,7-9,11H2,(H,30,31). The molecular formula is C21H22F5N7O. The fourth-order valence-electron chi connectivity index (χ4n) is 4.46. The van der Waals surface area contributed by atoms with Crippen LogP contribution in [0.2, 0.25) is 0 Å². The summed E-state index contributed by atoms with van der Waals surface area (Å²) >= 11 is 0. The van der Waals surface area contributed by atoms with Gasteiger partial charge < -0.3 is 20.5 Å². The Morgan fingerprint density at radius 2 is 1.88 bits per heavy atom. The summed E-state index contributed by atoms with van der Waals surface area (Å²) in [5, 5.41) is 9.85. The lowest BCUT2D eigenvalue weighted by Gasteiger charge is -2.38. The van der Waals surface area contributed by atoms with Gasteiger partial charge in [-0.05, 0) is 31.4 Å². The number of carbonyl (C=O) groups excluding carboxylic acids is 1. The van der Waals surface area contributed by atoms with Gasteiger partial charge in [0.05, 0.1) is 23.8 Å². The average molecular weight is 483 g/mol. The van der Waals surface area contributed by atoms with Crippen LogP contribution < -0.4 is 15.1 Å². The first-order chi connectivity index (χ1) is 16.1. The van der Waals surface area contributed by atoms with Crippen molar-refractivity contribution in [2.24, 2.45) is 5.41 Å². The highest BCUT2D eigenvalue weighted by Gasteiger charge is 2.50. The maximum Gasteiger partial charge on any atom is 0.435 e. The molecule has 0 atom stereocenters. The van der Waals surface area contributed by atoms with Crippen molar-refractivity contribution in [2.75, 3.05) is 41.3 Å². The summed E-state index contributed by atoms with van der Waals surface area (Å²) in [6, 6.07) is 2.64. The third kappa shape index (κ3) is 4.50. The van der Waals surface area contributed by atoms with Crippen LogP contribution in [0.25, 0.3) is 0 Å². The largest absolute Gasteiger partial charge is 0.435 e. The Kier molecular flexibility index (Phi) is 6.36. The monoisotopic (exact) mass is 483 g/mol. The predicted octanol–water partition coefficient (Wildman–Crippen LogP) is 3.59. The number of hydrogen-bond donors (Lipinski definition) is 2. The van der Waals surface area contributed by atoms with Crippen molar-refractivity contribution in [3.63, 3.8) is 0 Å². The number of nitrogens with zero attached hydrogens (tertiary/aromatic N) is 5. The fraction of sp³-hybridized carbons (Fsp3) is 0.476. The molecule has 2 N–H and O–H groups in total. The summed E-state index contributed by atoms with van der Waals surface area (Å²) in [6.45, 7) is 0.321. The van der Waals surface area contributed by atoms with Crippen molar-refractivity contribution in [3.05, 3.63) is 35.9 Å². The van der Waals surface area contributed by atoms with Crippen LogP contribution in [0, 0.1) is 10.8 Å². The Hall–Kier alpha value is -3.38. The molecule has 2 aromatic rings. The molecule has 2 fully saturated rings. The number of pyridine rings is 1. The van der Waals surface area contributed by atoms with E-state index in [0.29, 0.717) is 38.2 Å². The predicted molar refractivity (Wildman–Crippen MR) is 115 cm³/mol. The number of nitrogens with one attached hydrogen (secondary N) is 2. The van der Waals surface area contributed by atoms with E-state index in [1.165, 1.54) is 23.2 Å². The molecule has 0 radical (unpaired) electrons. The molecule has 2 aliphatic heterocycles. The number of alkyl halides is 5. The summed E-state index contributed by atoms with van der Waals surface area (Å²) in [6.07, 6.45) is -2.66. The first-order valence-corrected chi connectivity index (χ1v) is 10.6. The van der Waals surface area contributed by atoms with Crippen molar-refractivity contribution < 1.29 is 26.7 Å². The highest BCUT2D eigenvalue weighted by atomic mass is 19.4. The molecule has 0 unspecified atom stereocenters. The molecule has 8 nitrogen and oxygen atoms in total. The van der Waals surface area contributed by atoms with Crippen LogP contribution >= 0.6 is 0 Å². The zero-order valence-corrected chi connectivity index (χ0v) is 17.9. The van der Waals surface area contributed by atoms with E-state index in [4.69, 9.17) is 5.41 Å². The lowest BCUT2D eigenvalue weighted by atomic mass is 9.77. The van der Waals surface area contributed by atoms with Gasteiger partial charge in [-0.2, -0.15) is 13.2 Å². The van der Waals surface area contributed by atoms with E-state index in [9.17, 15) is 26.7 Å². The highest BCUT2D eigenvalue weighted by molar-refractivity contribution is 6.00. The smallest absolute Gasteiger partial charge is 0.362 e. The molecule has 0 bridgehead atoms. The van der Waals surface area contributed by atoms with Crippen molar-refractivity contribution in [3.8, 4) is 0 Å². The van der Waals surface area contributed by atoms with Gasteiger partial charge in [0.15, 0.2) is 11.5 Å². The van der Waals surface area contributed by atoms with Crippen molar-refractivity contribution in [1.29, 1.82) is 5.41 Å². The number of aromatic nitrogens is 3. The molecule has 4 heterocycles. The molecule has 0 aromatic carbocycles. The zero-order chi connectivity index (χ0) is 24.5. The van der Waals surface area contributed by atoms with E-state index in [2.05, 4.69) is 20.3 Å². The summed E-state index contributed by atoms with van der Waals surface area (Å²) in [4.78, 5) is 28.2. The number of amides is 1. The van der Waals surface area contributed by atoms with Gasteiger partial charge in [-0.15, -0.1) is 0 Å². The number of halogens is 5. The van der Waals surface area contributed by atoms with Gasteiger partial charge in [0.1, 0.15) is 11.5 Å². The summed E-state index contributed by atoms with van der Waals surface area (Å²) in [7, 11) is 0. The van der Waals surface area contributed by atoms with E-state index in [1.54, 1.807) is 0 Å². The second kappa shape index (κ2) is 9.11. The van der Waals surface area contributed by atoms with Gasteiger partial charge in [0.2, 0.25) is 5.91 Å². The molecule has 0 aliphatic carbocycles. The van der Waals surface area contributed by atoms with Crippen molar-refractivity contribution >= 4 is 29.4 Å². The van der Waals surface area contributed by atoms with Crippen molar-refractivity contribution in [1.82, 2.24) is 15.0 Å². The van der Waals surface area contributed by atoms with Crippen molar-refractivity contribution in [2.45, 2.75) is 31.9 Å². The minimum atomic E-state index is -4.67. The van der Waals surface area contributed by atoms with Gasteiger partial charge in [-0.1, -0.05) is 0 Å². The maximum absolute atomic E-state index is 13.4. The van der Waals surface area contributed by atoms with Crippen LogP contribution in [0.3, 0.4) is 0 Å². The molecule has 1 spiro atoms. The summed E-state index contributed by atoms with van der Waals surface area (Å²) in [5.74, 6) is 0.119. The average Bonchev–Trinajstić information content (AvgIpc) is 3.12. The Bertz CT molecular complexity index is 1070. The molecule has 2 aliphatic rings. The maximum atomic E-state index is 13.4. The Morgan fingerprint density at radius 1 is 1.18 bits per heavy atom. The third-order valence-electron chi connectivity index (χ3n) is 6.25. The quantitative estimate of drug-likeness (QED) is 0.482. The first kappa shape index (κ1) is 23.8. The lowest BCUT2D eigenvalue weighted by molar-refractivity contribution is -0.140. The number of hydrogen-bond acceptors (Lipinski definition) is 7. The first-order valence-electron chi connectivity index (χ1n) is 10.6. The molecular weight excluding hydrogens is 461 g/mol. The molecule has 0 saturated carbocycles. The second-order valence-corrected chi connectivity index (χ2v) is 8.22. The molecule has 2 aromatic heterocycles. The van der Waals surface area contributed by atoms with Crippen LogP contribution in [-0.2, 0) is 11.0 Å². The van der Waals surface area contributed by atoms with Gasteiger partial charge >= 0.3 is 6.18 Å². The van der Waals surface area contributed by atoms with Crippen LogP contribution in [-0.4, -0.2) is 59.7 Å². The summed E-state index contributed by atoms with van der Waals surface area (Å²) < 4.78 is 65.4. The number of anilines is 3. The van der Waals surface area contributed by atoms with E-state index in [0.717, 1.165) is 12.4 Å². The Balaban J connectivity index is 1.49. The minimum absolute atomic E-state index is 0.0625. The summed E-state index contributed by atoms with van der Waals surface area (Å²) in [5.41, 5.74) is -1.98. The Morgan fingerprint density at radius 3 is 2.53 bits per heavy atom. The second-order valence-electron chi connectivity index (χ2n) is 8.22. The van der Waals surface area contributed by atoms with Gasteiger partial charge in [-0.3, -0.25) is 4.79 Å². The van der Waals surface area contributed by atoms with Gasteiger partial charge in [0.25, 0.3) is 6.43 Å². The van der Waals surface area contributed by atoms with E-state index in [1.807, 2.05) is 4.90 Å². The molecule has 13 heteroatoms. The number of piperidine rings is 1. The van der Waals surface area contributed by atoms with Crippen LogP contribution in [0.5, 0.6) is 0 Å².